The van der Waals surface area contributed by atoms with E-state index in [1.165, 1.54) is 0 Å². The maximum atomic E-state index is 12.4. The standard InChI is InChI=1S/C17H29N3O4/c1-11(2)10-14(17(23)24)19-15(21)12-5-8-20(9-6-12)16(22)13-4-3-7-18-13/h11-14,18H,3-10H2,1-2H3,(H,19,21)(H,23,24)/t13-,14-/m0/s1. The van der Waals surface area contributed by atoms with Gasteiger partial charge in [0.25, 0.3) is 0 Å². The first-order valence-corrected chi connectivity index (χ1v) is 8.93. The number of piperidine rings is 1. The third-order valence-electron chi connectivity index (χ3n) is 4.86. The van der Waals surface area contributed by atoms with Crippen molar-refractivity contribution in [2.45, 2.75) is 58.0 Å². The summed E-state index contributed by atoms with van der Waals surface area (Å²) < 4.78 is 0. The number of carbonyl (C=O) groups is 3. The average molecular weight is 339 g/mol. The van der Waals surface area contributed by atoms with Crippen LogP contribution in [0.4, 0.5) is 0 Å². The lowest BCUT2D eigenvalue weighted by atomic mass is 9.94. The van der Waals surface area contributed by atoms with Crippen molar-refractivity contribution in [2.75, 3.05) is 19.6 Å². The normalized spacial score (nSPS) is 23.3. The van der Waals surface area contributed by atoms with Crippen LogP contribution in [0.3, 0.4) is 0 Å². The Balaban J connectivity index is 1.81. The van der Waals surface area contributed by atoms with E-state index < -0.39 is 12.0 Å². The second-order valence-electron chi connectivity index (χ2n) is 7.28. The fraction of sp³-hybridized carbons (Fsp3) is 0.824. The van der Waals surface area contributed by atoms with Gasteiger partial charge in [-0.2, -0.15) is 0 Å². The van der Waals surface area contributed by atoms with Gasteiger partial charge in [0.15, 0.2) is 0 Å². The SMILES string of the molecule is CC(C)C[C@H](NC(=O)C1CCN(C(=O)[C@@H]2CCCN2)CC1)C(=O)O. The summed E-state index contributed by atoms with van der Waals surface area (Å²) in [5, 5.41) is 15.1. The van der Waals surface area contributed by atoms with Gasteiger partial charge in [-0.1, -0.05) is 13.8 Å². The molecule has 0 aromatic heterocycles. The fourth-order valence-corrected chi connectivity index (χ4v) is 3.46. The first kappa shape index (κ1) is 18.7. The molecule has 0 saturated carbocycles. The molecule has 0 spiro atoms. The number of nitrogens with one attached hydrogen (secondary N) is 2. The average Bonchev–Trinajstić information content (AvgIpc) is 3.07. The fourth-order valence-electron chi connectivity index (χ4n) is 3.46. The van der Waals surface area contributed by atoms with E-state index in [-0.39, 0.29) is 29.7 Å². The molecule has 0 aliphatic carbocycles. The molecule has 3 N–H and O–H groups in total. The van der Waals surface area contributed by atoms with Gasteiger partial charge in [-0.05, 0) is 44.6 Å². The maximum Gasteiger partial charge on any atom is 0.326 e. The monoisotopic (exact) mass is 339 g/mol. The Morgan fingerprint density at radius 1 is 1.21 bits per heavy atom. The first-order valence-electron chi connectivity index (χ1n) is 8.93. The summed E-state index contributed by atoms with van der Waals surface area (Å²) >= 11 is 0. The van der Waals surface area contributed by atoms with Gasteiger partial charge in [-0.3, -0.25) is 9.59 Å². The summed E-state index contributed by atoms with van der Waals surface area (Å²) in [7, 11) is 0. The molecule has 24 heavy (non-hydrogen) atoms. The zero-order valence-electron chi connectivity index (χ0n) is 14.6. The van der Waals surface area contributed by atoms with Crippen molar-refractivity contribution in [1.82, 2.24) is 15.5 Å². The number of aliphatic carboxylic acids is 1. The molecule has 2 saturated heterocycles. The van der Waals surface area contributed by atoms with E-state index in [0.29, 0.717) is 32.4 Å². The van der Waals surface area contributed by atoms with E-state index in [0.717, 1.165) is 19.4 Å². The van der Waals surface area contributed by atoms with Gasteiger partial charge in [0.1, 0.15) is 6.04 Å². The molecule has 2 aliphatic rings. The van der Waals surface area contributed by atoms with Crippen LogP contribution >= 0.6 is 0 Å². The van der Waals surface area contributed by atoms with Crippen molar-refractivity contribution >= 4 is 17.8 Å². The molecule has 0 aromatic carbocycles. The Morgan fingerprint density at radius 3 is 2.38 bits per heavy atom. The highest BCUT2D eigenvalue weighted by Crippen LogP contribution is 2.20. The Hall–Kier alpha value is -1.63. The lowest BCUT2D eigenvalue weighted by molar-refractivity contribution is -0.143. The molecular weight excluding hydrogens is 310 g/mol. The molecule has 2 heterocycles. The van der Waals surface area contributed by atoms with Crippen molar-refractivity contribution < 1.29 is 19.5 Å². The number of carboxylic acids is 1. The van der Waals surface area contributed by atoms with Crippen LogP contribution in [-0.2, 0) is 14.4 Å². The predicted octanol–water partition coefficient (Wildman–Crippen LogP) is 0.593. The number of nitrogens with zero attached hydrogens (tertiary/aromatic N) is 1. The van der Waals surface area contributed by atoms with Crippen LogP contribution in [0.15, 0.2) is 0 Å². The number of likely N-dealkylation sites (tertiary alicyclic amines) is 1. The number of carboxylic acid groups (broad SMARTS) is 1. The summed E-state index contributed by atoms with van der Waals surface area (Å²) in [6.45, 7) is 5.89. The topological polar surface area (TPSA) is 98.7 Å². The van der Waals surface area contributed by atoms with Gasteiger partial charge in [-0.15, -0.1) is 0 Å². The molecule has 0 bridgehead atoms. The predicted molar refractivity (Wildman–Crippen MR) is 89.4 cm³/mol. The van der Waals surface area contributed by atoms with Crippen molar-refractivity contribution in [3.05, 3.63) is 0 Å². The molecule has 2 amide bonds. The Bertz CT molecular complexity index is 466. The summed E-state index contributed by atoms with van der Waals surface area (Å²) in [5.41, 5.74) is 0. The Labute approximate surface area is 143 Å². The molecule has 2 rings (SSSR count). The second kappa shape index (κ2) is 8.46. The molecule has 0 aromatic rings. The maximum absolute atomic E-state index is 12.4. The first-order chi connectivity index (χ1) is 11.4. The van der Waals surface area contributed by atoms with Crippen molar-refractivity contribution in [2.24, 2.45) is 11.8 Å². The van der Waals surface area contributed by atoms with Crippen LogP contribution in [0, 0.1) is 11.8 Å². The number of hydrogen-bond donors (Lipinski definition) is 3. The molecule has 7 nitrogen and oxygen atoms in total. The minimum absolute atomic E-state index is 0.0715. The lowest BCUT2D eigenvalue weighted by Gasteiger charge is -2.33. The van der Waals surface area contributed by atoms with Gasteiger partial charge in [0.2, 0.25) is 11.8 Å². The summed E-state index contributed by atoms with van der Waals surface area (Å²) in [5.74, 6) is -1.06. The zero-order chi connectivity index (χ0) is 17.7. The smallest absolute Gasteiger partial charge is 0.326 e. The summed E-state index contributed by atoms with van der Waals surface area (Å²) in [6.07, 6.45) is 3.53. The highest BCUT2D eigenvalue weighted by atomic mass is 16.4. The van der Waals surface area contributed by atoms with E-state index >= 15 is 0 Å². The highest BCUT2D eigenvalue weighted by Gasteiger charge is 2.33. The molecule has 136 valence electrons. The Kier molecular flexibility index (Phi) is 6.60. The van der Waals surface area contributed by atoms with Crippen LogP contribution < -0.4 is 10.6 Å². The number of amides is 2. The van der Waals surface area contributed by atoms with Crippen molar-refractivity contribution in [3.8, 4) is 0 Å². The van der Waals surface area contributed by atoms with E-state index in [1.807, 2.05) is 18.7 Å². The van der Waals surface area contributed by atoms with Gasteiger partial charge < -0.3 is 20.6 Å². The van der Waals surface area contributed by atoms with Gasteiger partial charge >= 0.3 is 5.97 Å². The zero-order valence-corrected chi connectivity index (χ0v) is 14.6. The van der Waals surface area contributed by atoms with Gasteiger partial charge in [0, 0.05) is 19.0 Å². The van der Waals surface area contributed by atoms with Crippen LogP contribution in [0.5, 0.6) is 0 Å². The molecule has 2 fully saturated rings. The van der Waals surface area contributed by atoms with E-state index in [2.05, 4.69) is 10.6 Å². The summed E-state index contributed by atoms with van der Waals surface area (Å²) in [6, 6.07) is -0.905. The van der Waals surface area contributed by atoms with Crippen LogP contribution in [0.25, 0.3) is 0 Å². The molecular formula is C17H29N3O4. The molecule has 2 aliphatic heterocycles. The summed E-state index contributed by atoms with van der Waals surface area (Å²) in [4.78, 5) is 37.8. The van der Waals surface area contributed by atoms with Crippen LogP contribution in [0.1, 0.15) is 46.0 Å². The van der Waals surface area contributed by atoms with Gasteiger partial charge in [-0.25, -0.2) is 4.79 Å². The van der Waals surface area contributed by atoms with Crippen LogP contribution in [0.2, 0.25) is 0 Å². The highest BCUT2D eigenvalue weighted by molar-refractivity contribution is 5.86. The number of hydrogen-bond acceptors (Lipinski definition) is 4. The third-order valence-corrected chi connectivity index (χ3v) is 4.86. The van der Waals surface area contributed by atoms with E-state index in [4.69, 9.17) is 0 Å². The molecule has 0 radical (unpaired) electrons. The molecule has 2 atom stereocenters. The van der Waals surface area contributed by atoms with E-state index in [1.54, 1.807) is 0 Å². The second-order valence-corrected chi connectivity index (χ2v) is 7.28. The van der Waals surface area contributed by atoms with Crippen LogP contribution in [-0.4, -0.2) is 59.5 Å². The lowest BCUT2D eigenvalue weighted by Crippen LogP contribution is -2.50. The van der Waals surface area contributed by atoms with Crippen molar-refractivity contribution in [1.29, 1.82) is 0 Å². The number of carbonyl (C=O) groups excluding carboxylic acids is 2. The Morgan fingerprint density at radius 2 is 1.88 bits per heavy atom. The van der Waals surface area contributed by atoms with Crippen molar-refractivity contribution in [3.63, 3.8) is 0 Å². The largest absolute Gasteiger partial charge is 0.480 e. The number of rotatable bonds is 6. The molecule has 7 heteroatoms. The minimum Gasteiger partial charge on any atom is -0.480 e. The van der Waals surface area contributed by atoms with Gasteiger partial charge in [0.05, 0.1) is 6.04 Å². The molecule has 0 unspecified atom stereocenters. The minimum atomic E-state index is -0.989. The quantitative estimate of drug-likeness (QED) is 0.658. The third kappa shape index (κ3) is 4.93. The van der Waals surface area contributed by atoms with E-state index in [9.17, 15) is 19.5 Å².